The molecule has 0 radical (unpaired) electrons. The molecule has 3 N–H and O–H groups in total. The smallest absolute Gasteiger partial charge is 0.144 e. The van der Waals surface area contributed by atoms with E-state index >= 15 is 0 Å². The molecule has 0 atom stereocenters. The van der Waals surface area contributed by atoms with Gasteiger partial charge in [-0.05, 0) is 25.5 Å². The van der Waals surface area contributed by atoms with Crippen molar-refractivity contribution in [3.63, 3.8) is 0 Å². The van der Waals surface area contributed by atoms with Gasteiger partial charge in [0.15, 0.2) is 0 Å². The summed E-state index contributed by atoms with van der Waals surface area (Å²) in [5.74, 6) is 0.737. The number of ether oxygens (including phenoxy) is 1. The summed E-state index contributed by atoms with van der Waals surface area (Å²) in [5, 5.41) is 6.42. The van der Waals surface area contributed by atoms with Gasteiger partial charge in [-0.15, -0.1) is 11.3 Å². The number of anilines is 2. The molecule has 0 spiro atoms. The average Bonchev–Trinajstić information content (AvgIpc) is 2.82. The highest BCUT2D eigenvalue weighted by atomic mass is 32.1. The number of hydrogen-bond acceptors (Lipinski definition) is 5. The molecular formula is C14H19N3OS. The van der Waals surface area contributed by atoms with E-state index in [1.807, 2.05) is 25.1 Å². The van der Waals surface area contributed by atoms with Gasteiger partial charge in [0.05, 0.1) is 35.2 Å². The van der Waals surface area contributed by atoms with Gasteiger partial charge < -0.3 is 15.8 Å². The van der Waals surface area contributed by atoms with Crippen LogP contribution in [0.1, 0.15) is 24.0 Å². The van der Waals surface area contributed by atoms with Crippen LogP contribution >= 0.6 is 11.3 Å². The van der Waals surface area contributed by atoms with E-state index in [0.29, 0.717) is 18.8 Å². The fourth-order valence-corrected chi connectivity index (χ4v) is 2.32. The SMILES string of the molecule is CCCOc1cccc(NCc2csc(C)n2)c1N. The molecule has 102 valence electrons. The molecule has 19 heavy (non-hydrogen) atoms. The maximum absolute atomic E-state index is 6.09. The minimum Gasteiger partial charge on any atom is -0.491 e. The van der Waals surface area contributed by atoms with Crippen LogP contribution < -0.4 is 15.8 Å². The predicted molar refractivity (Wildman–Crippen MR) is 80.8 cm³/mol. The van der Waals surface area contributed by atoms with Crippen LogP contribution in [0.25, 0.3) is 0 Å². The largest absolute Gasteiger partial charge is 0.491 e. The Morgan fingerprint density at radius 1 is 1.42 bits per heavy atom. The summed E-state index contributed by atoms with van der Waals surface area (Å²) < 4.78 is 5.60. The maximum atomic E-state index is 6.09. The molecular weight excluding hydrogens is 258 g/mol. The summed E-state index contributed by atoms with van der Waals surface area (Å²) in [6.45, 7) is 5.43. The third-order valence-electron chi connectivity index (χ3n) is 2.65. The van der Waals surface area contributed by atoms with Crippen LogP contribution in [-0.2, 0) is 6.54 Å². The van der Waals surface area contributed by atoms with Gasteiger partial charge in [0.25, 0.3) is 0 Å². The zero-order chi connectivity index (χ0) is 13.7. The van der Waals surface area contributed by atoms with Gasteiger partial charge >= 0.3 is 0 Å². The molecule has 1 aromatic carbocycles. The third kappa shape index (κ3) is 3.61. The van der Waals surface area contributed by atoms with E-state index in [9.17, 15) is 0 Å². The van der Waals surface area contributed by atoms with Gasteiger partial charge in [-0.25, -0.2) is 4.98 Å². The van der Waals surface area contributed by atoms with Crippen molar-refractivity contribution in [1.82, 2.24) is 4.98 Å². The monoisotopic (exact) mass is 277 g/mol. The molecule has 0 aliphatic heterocycles. The van der Waals surface area contributed by atoms with E-state index in [2.05, 4.69) is 22.6 Å². The van der Waals surface area contributed by atoms with Crippen molar-refractivity contribution in [3.05, 3.63) is 34.3 Å². The first-order chi connectivity index (χ1) is 9.20. The average molecular weight is 277 g/mol. The molecule has 0 bridgehead atoms. The van der Waals surface area contributed by atoms with E-state index in [4.69, 9.17) is 10.5 Å². The van der Waals surface area contributed by atoms with Crippen molar-refractivity contribution < 1.29 is 4.74 Å². The zero-order valence-electron chi connectivity index (χ0n) is 11.3. The molecule has 1 heterocycles. The Bertz CT molecular complexity index is 539. The molecule has 5 heteroatoms. The summed E-state index contributed by atoms with van der Waals surface area (Å²) in [5.41, 5.74) is 8.66. The van der Waals surface area contributed by atoms with Crippen molar-refractivity contribution in [1.29, 1.82) is 0 Å². The Hall–Kier alpha value is -1.75. The highest BCUT2D eigenvalue weighted by Crippen LogP contribution is 2.29. The maximum Gasteiger partial charge on any atom is 0.144 e. The number of nitrogens with two attached hydrogens (primary N) is 1. The molecule has 1 aromatic heterocycles. The van der Waals surface area contributed by atoms with E-state index in [1.165, 1.54) is 0 Å². The normalized spacial score (nSPS) is 10.4. The summed E-state index contributed by atoms with van der Waals surface area (Å²) in [7, 11) is 0. The number of aryl methyl sites for hydroxylation is 1. The van der Waals surface area contributed by atoms with Gasteiger partial charge in [-0.3, -0.25) is 0 Å². The zero-order valence-corrected chi connectivity index (χ0v) is 12.1. The number of nitrogens with zero attached hydrogens (tertiary/aromatic N) is 1. The van der Waals surface area contributed by atoms with Gasteiger partial charge in [0, 0.05) is 5.38 Å². The van der Waals surface area contributed by atoms with E-state index in [-0.39, 0.29) is 0 Å². The molecule has 0 aliphatic carbocycles. The molecule has 2 rings (SSSR count). The van der Waals surface area contributed by atoms with Crippen LogP contribution in [0.3, 0.4) is 0 Å². The summed E-state index contributed by atoms with van der Waals surface area (Å²) >= 11 is 1.65. The Balaban J connectivity index is 2.03. The van der Waals surface area contributed by atoms with Crippen molar-refractivity contribution in [3.8, 4) is 5.75 Å². The molecule has 0 amide bonds. The molecule has 0 unspecified atom stereocenters. The standard InChI is InChI=1S/C14H19N3OS/c1-3-7-18-13-6-4-5-12(14(13)15)16-8-11-9-19-10(2)17-11/h4-6,9,16H,3,7-8,15H2,1-2H3. The van der Waals surface area contributed by atoms with Crippen molar-refractivity contribution >= 4 is 22.7 Å². The lowest BCUT2D eigenvalue weighted by atomic mass is 10.2. The molecule has 0 saturated carbocycles. The van der Waals surface area contributed by atoms with Crippen LogP contribution in [0.4, 0.5) is 11.4 Å². The minimum atomic E-state index is 0.655. The summed E-state index contributed by atoms with van der Waals surface area (Å²) in [4.78, 5) is 4.41. The van der Waals surface area contributed by atoms with Crippen molar-refractivity contribution in [2.45, 2.75) is 26.8 Å². The van der Waals surface area contributed by atoms with Crippen LogP contribution in [0.5, 0.6) is 5.75 Å². The lowest BCUT2D eigenvalue weighted by Crippen LogP contribution is -2.05. The number of nitrogens with one attached hydrogen (secondary N) is 1. The first-order valence-corrected chi connectivity index (χ1v) is 7.25. The van der Waals surface area contributed by atoms with Gasteiger partial charge in [0.2, 0.25) is 0 Å². The number of para-hydroxylation sites is 1. The molecule has 0 saturated heterocycles. The molecule has 0 aliphatic rings. The predicted octanol–water partition coefficient (Wildman–Crippen LogP) is 3.43. The molecule has 2 aromatic rings. The Kier molecular flexibility index (Phi) is 4.63. The lowest BCUT2D eigenvalue weighted by molar-refractivity contribution is 0.319. The Labute approximate surface area is 117 Å². The first kappa shape index (κ1) is 13.7. The minimum absolute atomic E-state index is 0.655. The third-order valence-corrected chi connectivity index (χ3v) is 3.48. The number of thiazole rings is 1. The summed E-state index contributed by atoms with van der Waals surface area (Å²) in [6, 6.07) is 5.78. The topological polar surface area (TPSA) is 60.2 Å². The fraction of sp³-hybridized carbons (Fsp3) is 0.357. The molecule has 4 nitrogen and oxygen atoms in total. The Morgan fingerprint density at radius 3 is 2.95 bits per heavy atom. The van der Waals surface area contributed by atoms with Crippen LogP contribution in [-0.4, -0.2) is 11.6 Å². The van der Waals surface area contributed by atoms with Crippen LogP contribution in [0, 0.1) is 6.92 Å². The second-order valence-electron chi connectivity index (χ2n) is 4.28. The highest BCUT2D eigenvalue weighted by Gasteiger charge is 2.06. The van der Waals surface area contributed by atoms with Gasteiger partial charge in [0.1, 0.15) is 5.75 Å². The molecule has 0 fully saturated rings. The number of aromatic nitrogens is 1. The number of hydrogen-bond donors (Lipinski definition) is 2. The summed E-state index contributed by atoms with van der Waals surface area (Å²) in [6.07, 6.45) is 0.967. The van der Waals surface area contributed by atoms with Crippen LogP contribution in [0.15, 0.2) is 23.6 Å². The number of rotatable bonds is 6. The lowest BCUT2D eigenvalue weighted by Gasteiger charge is -2.12. The highest BCUT2D eigenvalue weighted by molar-refractivity contribution is 7.09. The first-order valence-electron chi connectivity index (χ1n) is 6.37. The van der Waals surface area contributed by atoms with Crippen molar-refractivity contribution in [2.24, 2.45) is 0 Å². The quantitative estimate of drug-likeness (QED) is 0.794. The number of nitrogen functional groups attached to an aromatic ring is 1. The second-order valence-corrected chi connectivity index (χ2v) is 5.34. The van der Waals surface area contributed by atoms with Crippen LogP contribution in [0.2, 0.25) is 0 Å². The number of benzene rings is 1. The van der Waals surface area contributed by atoms with Crippen molar-refractivity contribution in [2.75, 3.05) is 17.7 Å². The van der Waals surface area contributed by atoms with E-state index in [1.54, 1.807) is 11.3 Å². The Morgan fingerprint density at radius 2 is 2.26 bits per heavy atom. The van der Waals surface area contributed by atoms with Gasteiger partial charge in [-0.2, -0.15) is 0 Å². The fourth-order valence-electron chi connectivity index (χ4n) is 1.71. The van der Waals surface area contributed by atoms with E-state index in [0.717, 1.165) is 28.6 Å². The second kappa shape index (κ2) is 6.43. The van der Waals surface area contributed by atoms with Gasteiger partial charge in [-0.1, -0.05) is 13.0 Å². The van der Waals surface area contributed by atoms with E-state index < -0.39 is 0 Å².